The smallest absolute Gasteiger partial charge is 0.220 e. The van der Waals surface area contributed by atoms with E-state index in [1.165, 1.54) is 16.7 Å². The Kier molecular flexibility index (Phi) is 7.20. The number of carbonyl (C=O) groups excluding carboxylic acids is 1. The standard InChI is InChI=1S/C22H29NO2/c1-16-9-10-19(17(2)13-16)11-12-22(25)23-15-21(14-18(3)24)20-7-5-4-6-8-20/h4-10,13,18,21,24H,11-12,14-15H2,1-3H3,(H,23,25). The van der Waals surface area contributed by atoms with E-state index in [1.54, 1.807) is 6.92 Å². The lowest BCUT2D eigenvalue weighted by Crippen LogP contribution is -2.30. The predicted octanol–water partition coefficient (Wildman–Crippen LogP) is 3.91. The van der Waals surface area contributed by atoms with Gasteiger partial charge in [0.05, 0.1) is 6.10 Å². The molecule has 0 aliphatic heterocycles. The average Bonchev–Trinajstić information content (AvgIpc) is 2.58. The van der Waals surface area contributed by atoms with E-state index in [9.17, 15) is 9.90 Å². The molecule has 2 aromatic carbocycles. The zero-order valence-corrected chi connectivity index (χ0v) is 15.5. The van der Waals surface area contributed by atoms with Gasteiger partial charge in [-0.05, 0) is 50.3 Å². The Morgan fingerprint density at radius 3 is 2.48 bits per heavy atom. The van der Waals surface area contributed by atoms with Crippen molar-refractivity contribution in [3.05, 3.63) is 70.8 Å². The second kappa shape index (κ2) is 9.38. The van der Waals surface area contributed by atoms with Gasteiger partial charge in [-0.1, -0.05) is 54.1 Å². The Balaban J connectivity index is 1.88. The van der Waals surface area contributed by atoms with Crippen molar-refractivity contribution in [3.8, 4) is 0 Å². The number of amides is 1. The number of benzene rings is 2. The summed E-state index contributed by atoms with van der Waals surface area (Å²) in [7, 11) is 0. The van der Waals surface area contributed by atoms with Gasteiger partial charge >= 0.3 is 0 Å². The Morgan fingerprint density at radius 1 is 1.12 bits per heavy atom. The molecule has 0 saturated heterocycles. The van der Waals surface area contributed by atoms with Crippen LogP contribution in [-0.4, -0.2) is 23.7 Å². The summed E-state index contributed by atoms with van der Waals surface area (Å²) in [6, 6.07) is 16.4. The second-order valence-corrected chi connectivity index (χ2v) is 6.93. The topological polar surface area (TPSA) is 49.3 Å². The Morgan fingerprint density at radius 2 is 1.84 bits per heavy atom. The van der Waals surface area contributed by atoms with Gasteiger partial charge in [0.2, 0.25) is 5.91 Å². The molecule has 0 aliphatic carbocycles. The van der Waals surface area contributed by atoms with E-state index in [4.69, 9.17) is 0 Å². The van der Waals surface area contributed by atoms with E-state index in [1.807, 2.05) is 18.2 Å². The summed E-state index contributed by atoms with van der Waals surface area (Å²) < 4.78 is 0. The predicted molar refractivity (Wildman–Crippen MR) is 103 cm³/mol. The lowest BCUT2D eigenvalue weighted by Gasteiger charge is -2.19. The number of rotatable bonds is 8. The third-order valence-corrected chi connectivity index (χ3v) is 4.56. The minimum absolute atomic E-state index is 0.0616. The minimum atomic E-state index is -0.391. The molecule has 3 nitrogen and oxygen atoms in total. The molecule has 134 valence electrons. The normalized spacial score (nSPS) is 13.3. The van der Waals surface area contributed by atoms with Crippen LogP contribution in [0.3, 0.4) is 0 Å². The fourth-order valence-electron chi connectivity index (χ4n) is 3.17. The molecule has 2 N–H and O–H groups in total. The maximum atomic E-state index is 12.2. The Hall–Kier alpha value is -2.13. The number of aliphatic hydroxyl groups is 1. The number of aryl methyl sites for hydroxylation is 3. The summed E-state index contributed by atoms with van der Waals surface area (Å²) in [4.78, 5) is 12.2. The van der Waals surface area contributed by atoms with Crippen molar-refractivity contribution in [3.63, 3.8) is 0 Å². The molecule has 0 fully saturated rings. The zero-order chi connectivity index (χ0) is 18.2. The summed E-state index contributed by atoms with van der Waals surface area (Å²) in [6.45, 7) is 6.52. The van der Waals surface area contributed by atoms with Gasteiger partial charge in [0.25, 0.3) is 0 Å². The van der Waals surface area contributed by atoms with Gasteiger partial charge in [-0.3, -0.25) is 4.79 Å². The summed E-state index contributed by atoms with van der Waals surface area (Å²) >= 11 is 0. The molecule has 0 bridgehead atoms. The Bertz CT molecular complexity index is 680. The van der Waals surface area contributed by atoms with Crippen LogP contribution in [0.4, 0.5) is 0 Å². The third-order valence-electron chi connectivity index (χ3n) is 4.56. The molecular weight excluding hydrogens is 310 g/mol. The van der Waals surface area contributed by atoms with Gasteiger partial charge in [0, 0.05) is 18.9 Å². The fraction of sp³-hybridized carbons (Fsp3) is 0.409. The van der Waals surface area contributed by atoms with Gasteiger partial charge in [-0.15, -0.1) is 0 Å². The van der Waals surface area contributed by atoms with Crippen LogP contribution in [0.25, 0.3) is 0 Å². The highest BCUT2D eigenvalue weighted by Crippen LogP contribution is 2.20. The van der Waals surface area contributed by atoms with Crippen molar-refractivity contribution < 1.29 is 9.90 Å². The molecule has 2 unspecified atom stereocenters. The minimum Gasteiger partial charge on any atom is -0.393 e. The van der Waals surface area contributed by atoms with Crippen LogP contribution in [0, 0.1) is 13.8 Å². The highest BCUT2D eigenvalue weighted by molar-refractivity contribution is 5.76. The molecule has 2 aromatic rings. The van der Waals surface area contributed by atoms with E-state index in [-0.39, 0.29) is 11.8 Å². The molecule has 0 aromatic heterocycles. The quantitative estimate of drug-likeness (QED) is 0.766. The van der Waals surface area contributed by atoms with Crippen LogP contribution in [0.5, 0.6) is 0 Å². The summed E-state index contributed by atoms with van der Waals surface area (Å²) in [5, 5.41) is 12.8. The lowest BCUT2D eigenvalue weighted by atomic mass is 9.93. The van der Waals surface area contributed by atoms with Gasteiger partial charge in [0.1, 0.15) is 0 Å². The number of hydrogen-bond donors (Lipinski definition) is 2. The second-order valence-electron chi connectivity index (χ2n) is 6.93. The van der Waals surface area contributed by atoms with Crippen LogP contribution in [0.2, 0.25) is 0 Å². The summed E-state index contributed by atoms with van der Waals surface area (Å²) in [6.07, 6.45) is 1.49. The van der Waals surface area contributed by atoms with Crippen LogP contribution in [0.15, 0.2) is 48.5 Å². The largest absolute Gasteiger partial charge is 0.393 e. The van der Waals surface area contributed by atoms with Crippen molar-refractivity contribution in [1.82, 2.24) is 5.32 Å². The van der Waals surface area contributed by atoms with Crippen molar-refractivity contribution in [2.45, 2.75) is 52.1 Å². The van der Waals surface area contributed by atoms with E-state index >= 15 is 0 Å². The molecule has 0 spiro atoms. The molecule has 2 atom stereocenters. The fourth-order valence-corrected chi connectivity index (χ4v) is 3.17. The van der Waals surface area contributed by atoms with E-state index < -0.39 is 6.10 Å². The average molecular weight is 339 g/mol. The van der Waals surface area contributed by atoms with Crippen LogP contribution in [-0.2, 0) is 11.2 Å². The van der Waals surface area contributed by atoms with Crippen LogP contribution >= 0.6 is 0 Å². The third kappa shape index (κ3) is 6.35. The number of aliphatic hydroxyl groups excluding tert-OH is 1. The van der Waals surface area contributed by atoms with Crippen molar-refractivity contribution in [2.24, 2.45) is 0 Å². The molecule has 25 heavy (non-hydrogen) atoms. The molecule has 3 heteroatoms. The van der Waals surface area contributed by atoms with Gasteiger partial charge in [0.15, 0.2) is 0 Å². The number of hydrogen-bond acceptors (Lipinski definition) is 2. The van der Waals surface area contributed by atoms with Gasteiger partial charge < -0.3 is 10.4 Å². The Labute approximate surface area is 151 Å². The first-order chi connectivity index (χ1) is 12.0. The molecule has 0 aliphatic rings. The highest BCUT2D eigenvalue weighted by atomic mass is 16.3. The lowest BCUT2D eigenvalue weighted by molar-refractivity contribution is -0.121. The van der Waals surface area contributed by atoms with Crippen molar-refractivity contribution in [2.75, 3.05) is 6.54 Å². The van der Waals surface area contributed by atoms with Crippen molar-refractivity contribution >= 4 is 5.91 Å². The van der Waals surface area contributed by atoms with Crippen molar-refractivity contribution in [1.29, 1.82) is 0 Å². The molecule has 0 radical (unpaired) electrons. The molecular formula is C22H29NO2. The first-order valence-corrected chi connectivity index (χ1v) is 9.01. The molecule has 0 saturated carbocycles. The van der Waals surface area contributed by atoms with Gasteiger partial charge in [-0.2, -0.15) is 0 Å². The van der Waals surface area contributed by atoms with Gasteiger partial charge in [-0.25, -0.2) is 0 Å². The number of carbonyl (C=O) groups is 1. The molecule has 0 heterocycles. The molecule has 2 rings (SSSR count). The van der Waals surface area contributed by atoms with E-state index in [2.05, 4.69) is 49.5 Å². The van der Waals surface area contributed by atoms with E-state index in [0.29, 0.717) is 19.4 Å². The monoisotopic (exact) mass is 339 g/mol. The van der Waals surface area contributed by atoms with Crippen LogP contribution < -0.4 is 5.32 Å². The molecule has 1 amide bonds. The summed E-state index contributed by atoms with van der Waals surface area (Å²) in [5.41, 5.74) is 4.86. The number of nitrogens with one attached hydrogen (secondary N) is 1. The highest BCUT2D eigenvalue weighted by Gasteiger charge is 2.15. The van der Waals surface area contributed by atoms with Crippen LogP contribution in [0.1, 0.15) is 47.9 Å². The zero-order valence-electron chi connectivity index (χ0n) is 15.5. The maximum Gasteiger partial charge on any atom is 0.220 e. The first-order valence-electron chi connectivity index (χ1n) is 9.01. The first kappa shape index (κ1) is 19.2. The van der Waals surface area contributed by atoms with E-state index in [0.717, 1.165) is 12.0 Å². The maximum absolute atomic E-state index is 12.2. The SMILES string of the molecule is Cc1ccc(CCC(=O)NCC(CC(C)O)c2ccccc2)c(C)c1. The summed E-state index contributed by atoms with van der Waals surface area (Å²) in [5.74, 6) is 0.192.